The van der Waals surface area contributed by atoms with Crippen molar-refractivity contribution in [3.05, 3.63) is 79.0 Å². The van der Waals surface area contributed by atoms with E-state index in [2.05, 4.69) is 20.4 Å². The van der Waals surface area contributed by atoms with Crippen molar-refractivity contribution in [2.24, 2.45) is 0 Å². The smallest absolute Gasteiger partial charge is 0.292 e. The summed E-state index contributed by atoms with van der Waals surface area (Å²) in [6.07, 6.45) is 7.68. The van der Waals surface area contributed by atoms with Crippen LogP contribution in [0.3, 0.4) is 0 Å². The lowest BCUT2D eigenvalue weighted by Gasteiger charge is -2.03. The standard InChI is InChI=1S/C18H12FN5O2/c19-13-4-2-12(3-5-13)15-6-9-26-16(15)17(25)23-14-10-22-24(11-14)18-20-7-1-8-21-18/h1-11H,(H,23,25). The molecule has 0 spiro atoms. The van der Waals surface area contributed by atoms with E-state index in [1.165, 1.54) is 29.3 Å². The number of aromatic nitrogens is 4. The van der Waals surface area contributed by atoms with Crippen LogP contribution in [0.15, 0.2) is 71.9 Å². The molecule has 0 saturated carbocycles. The first kappa shape index (κ1) is 15.7. The molecule has 0 aliphatic heterocycles. The van der Waals surface area contributed by atoms with Gasteiger partial charge in [0.2, 0.25) is 5.95 Å². The minimum Gasteiger partial charge on any atom is -0.459 e. The molecular formula is C18H12FN5O2. The Hall–Kier alpha value is -3.81. The highest BCUT2D eigenvalue weighted by molar-refractivity contribution is 6.06. The van der Waals surface area contributed by atoms with Crippen molar-refractivity contribution in [2.45, 2.75) is 0 Å². The number of furan rings is 1. The van der Waals surface area contributed by atoms with Crippen molar-refractivity contribution in [3.8, 4) is 17.1 Å². The van der Waals surface area contributed by atoms with Gasteiger partial charge in [0, 0.05) is 18.0 Å². The number of halogens is 1. The van der Waals surface area contributed by atoms with Crippen LogP contribution in [-0.2, 0) is 0 Å². The predicted octanol–water partition coefficient (Wildman–Crippen LogP) is 3.31. The van der Waals surface area contributed by atoms with E-state index < -0.39 is 5.91 Å². The van der Waals surface area contributed by atoms with Gasteiger partial charge in [-0.3, -0.25) is 4.79 Å². The van der Waals surface area contributed by atoms with Gasteiger partial charge in [-0.2, -0.15) is 5.10 Å². The summed E-state index contributed by atoms with van der Waals surface area (Å²) in [4.78, 5) is 20.7. The summed E-state index contributed by atoms with van der Waals surface area (Å²) >= 11 is 0. The third-order valence-electron chi connectivity index (χ3n) is 3.62. The second-order valence-corrected chi connectivity index (χ2v) is 5.35. The summed E-state index contributed by atoms with van der Waals surface area (Å²) in [6.45, 7) is 0. The second kappa shape index (κ2) is 6.60. The van der Waals surface area contributed by atoms with Crippen molar-refractivity contribution in [3.63, 3.8) is 0 Å². The molecule has 26 heavy (non-hydrogen) atoms. The first-order chi connectivity index (χ1) is 12.7. The van der Waals surface area contributed by atoms with Crippen molar-refractivity contribution in [1.29, 1.82) is 0 Å². The average Bonchev–Trinajstić information content (AvgIpc) is 3.33. The van der Waals surface area contributed by atoms with E-state index in [1.807, 2.05) is 0 Å². The fourth-order valence-corrected chi connectivity index (χ4v) is 2.44. The molecule has 3 aromatic heterocycles. The quantitative estimate of drug-likeness (QED) is 0.611. The van der Waals surface area contributed by atoms with Crippen LogP contribution in [0.1, 0.15) is 10.6 Å². The SMILES string of the molecule is O=C(Nc1cnn(-c2ncccn2)c1)c1occc1-c1ccc(F)cc1. The number of nitrogens with one attached hydrogen (secondary N) is 1. The number of anilines is 1. The highest BCUT2D eigenvalue weighted by Gasteiger charge is 2.18. The first-order valence-corrected chi connectivity index (χ1v) is 7.67. The molecule has 0 radical (unpaired) electrons. The van der Waals surface area contributed by atoms with Crippen LogP contribution in [0.4, 0.5) is 10.1 Å². The van der Waals surface area contributed by atoms with E-state index in [4.69, 9.17) is 4.42 Å². The lowest BCUT2D eigenvalue weighted by Crippen LogP contribution is -2.11. The number of amides is 1. The van der Waals surface area contributed by atoms with Gasteiger partial charge < -0.3 is 9.73 Å². The molecule has 128 valence electrons. The number of carbonyl (C=O) groups excluding carboxylic acids is 1. The van der Waals surface area contributed by atoms with Crippen LogP contribution in [0.5, 0.6) is 0 Å². The molecule has 1 amide bonds. The van der Waals surface area contributed by atoms with Gasteiger partial charge in [-0.25, -0.2) is 19.0 Å². The molecule has 1 N–H and O–H groups in total. The fourth-order valence-electron chi connectivity index (χ4n) is 2.44. The maximum Gasteiger partial charge on any atom is 0.292 e. The van der Waals surface area contributed by atoms with Crippen LogP contribution < -0.4 is 5.32 Å². The number of benzene rings is 1. The normalized spacial score (nSPS) is 10.7. The Morgan fingerprint density at radius 3 is 2.65 bits per heavy atom. The van der Waals surface area contributed by atoms with Gasteiger partial charge in [0.15, 0.2) is 5.76 Å². The molecule has 8 heteroatoms. The van der Waals surface area contributed by atoms with Gasteiger partial charge in [-0.15, -0.1) is 0 Å². The zero-order chi connectivity index (χ0) is 17.9. The molecular weight excluding hydrogens is 337 g/mol. The number of hydrogen-bond acceptors (Lipinski definition) is 5. The molecule has 0 fully saturated rings. The predicted molar refractivity (Wildman–Crippen MR) is 91.2 cm³/mol. The van der Waals surface area contributed by atoms with Crippen molar-refractivity contribution in [1.82, 2.24) is 19.7 Å². The maximum absolute atomic E-state index is 13.1. The Morgan fingerprint density at radius 1 is 1.12 bits per heavy atom. The maximum atomic E-state index is 13.1. The van der Waals surface area contributed by atoms with Gasteiger partial charge in [-0.1, -0.05) is 12.1 Å². The molecule has 4 aromatic rings. The molecule has 0 aliphatic rings. The Balaban J connectivity index is 1.56. The summed E-state index contributed by atoms with van der Waals surface area (Å²) in [5.41, 5.74) is 1.71. The number of carbonyl (C=O) groups is 1. The fraction of sp³-hybridized carbons (Fsp3) is 0. The van der Waals surface area contributed by atoms with E-state index in [-0.39, 0.29) is 11.6 Å². The zero-order valence-electron chi connectivity index (χ0n) is 13.3. The van der Waals surface area contributed by atoms with Crippen LogP contribution in [0, 0.1) is 5.82 Å². The van der Waals surface area contributed by atoms with Crippen LogP contribution >= 0.6 is 0 Å². The van der Waals surface area contributed by atoms with E-state index in [1.54, 1.807) is 42.9 Å². The molecule has 0 atom stereocenters. The van der Waals surface area contributed by atoms with Crippen LogP contribution in [0.2, 0.25) is 0 Å². The van der Waals surface area contributed by atoms with Crippen molar-refractivity contribution < 1.29 is 13.6 Å². The summed E-state index contributed by atoms with van der Waals surface area (Å²) in [5.74, 6) is -0.278. The summed E-state index contributed by atoms with van der Waals surface area (Å²) in [7, 11) is 0. The number of rotatable bonds is 4. The van der Waals surface area contributed by atoms with Crippen molar-refractivity contribution in [2.75, 3.05) is 5.32 Å². The molecule has 0 aliphatic carbocycles. The Labute approximate surface area is 147 Å². The summed E-state index contributed by atoms with van der Waals surface area (Å²) < 4.78 is 19.9. The van der Waals surface area contributed by atoms with Gasteiger partial charge in [0.25, 0.3) is 5.91 Å². The molecule has 3 heterocycles. The highest BCUT2D eigenvalue weighted by atomic mass is 19.1. The Morgan fingerprint density at radius 2 is 1.88 bits per heavy atom. The van der Waals surface area contributed by atoms with Gasteiger partial charge in [-0.05, 0) is 29.8 Å². The second-order valence-electron chi connectivity index (χ2n) is 5.35. The van der Waals surface area contributed by atoms with Crippen LogP contribution in [0.25, 0.3) is 17.1 Å². The average molecular weight is 349 g/mol. The van der Waals surface area contributed by atoms with Gasteiger partial charge in [0.05, 0.1) is 24.3 Å². The van der Waals surface area contributed by atoms with E-state index in [0.717, 1.165) is 0 Å². The molecule has 0 saturated heterocycles. The van der Waals surface area contributed by atoms with Crippen molar-refractivity contribution >= 4 is 11.6 Å². The minimum atomic E-state index is -0.442. The van der Waals surface area contributed by atoms with Crippen LogP contribution in [-0.4, -0.2) is 25.7 Å². The summed E-state index contributed by atoms with van der Waals surface area (Å²) in [6, 6.07) is 9.18. The summed E-state index contributed by atoms with van der Waals surface area (Å²) in [5, 5.41) is 6.83. The molecule has 0 unspecified atom stereocenters. The third-order valence-corrected chi connectivity index (χ3v) is 3.62. The third kappa shape index (κ3) is 3.07. The number of hydrogen-bond donors (Lipinski definition) is 1. The molecule has 1 aromatic carbocycles. The number of nitrogens with zero attached hydrogens (tertiary/aromatic N) is 4. The molecule has 0 bridgehead atoms. The van der Waals surface area contributed by atoms with E-state index >= 15 is 0 Å². The lowest BCUT2D eigenvalue weighted by atomic mass is 10.1. The molecule has 7 nitrogen and oxygen atoms in total. The van der Waals surface area contributed by atoms with Gasteiger partial charge in [0.1, 0.15) is 5.82 Å². The minimum absolute atomic E-state index is 0.125. The van der Waals surface area contributed by atoms with Gasteiger partial charge >= 0.3 is 0 Å². The van der Waals surface area contributed by atoms with E-state index in [0.29, 0.717) is 22.8 Å². The first-order valence-electron chi connectivity index (χ1n) is 7.67. The lowest BCUT2D eigenvalue weighted by molar-refractivity contribution is 0.0997. The van der Waals surface area contributed by atoms with E-state index in [9.17, 15) is 9.18 Å². The zero-order valence-corrected chi connectivity index (χ0v) is 13.3. The highest BCUT2D eigenvalue weighted by Crippen LogP contribution is 2.26. The monoisotopic (exact) mass is 349 g/mol. The Kier molecular flexibility index (Phi) is 3.98. The largest absolute Gasteiger partial charge is 0.459 e. The molecule has 4 rings (SSSR count). The topological polar surface area (TPSA) is 85.8 Å². The Bertz CT molecular complexity index is 1040.